The van der Waals surface area contributed by atoms with Gasteiger partial charge in [-0.1, -0.05) is 13.8 Å². The highest BCUT2D eigenvalue weighted by molar-refractivity contribution is 5.96. The minimum Gasteiger partial charge on any atom is -0.481 e. The second-order valence-corrected chi connectivity index (χ2v) is 7.91. The van der Waals surface area contributed by atoms with Gasteiger partial charge in [0.25, 0.3) is 0 Å². The largest absolute Gasteiger partial charge is 0.481 e. The number of hydrogen-bond donors (Lipinski definition) is 8. The van der Waals surface area contributed by atoms with E-state index in [1.807, 2.05) is 0 Å². The quantitative estimate of drug-likeness (QED) is 0.106. The maximum absolute atomic E-state index is 12.7. The van der Waals surface area contributed by atoms with Crippen LogP contribution in [0.15, 0.2) is 0 Å². The van der Waals surface area contributed by atoms with Gasteiger partial charge in [0.05, 0.1) is 12.5 Å². The lowest BCUT2D eigenvalue weighted by Gasteiger charge is -2.26. The number of carbonyl (C=O) groups excluding carboxylic acids is 5. The molecule has 4 atom stereocenters. The molecule has 15 nitrogen and oxygen atoms in total. The number of hydrogen-bond acceptors (Lipinski definition) is 8. The molecule has 0 aromatic heterocycles. The Morgan fingerprint density at radius 1 is 0.735 bits per heavy atom. The zero-order valence-corrected chi connectivity index (χ0v) is 18.9. The molecule has 11 N–H and O–H groups in total. The second-order valence-electron chi connectivity index (χ2n) is 7.91. The van der Waals surface area contributed by atoms with Crippen molar-refractivity contribution in [1.29, 1.82) is 0 Å². The van der Waals surface area contributed by atoms with Gasteiger partial charge < -0.3 is 43.4 Å². The van der Waals surface area contributed by atoms with E-state index >= 15 is 0 Å². The maximum atomic E-state index is 12.7. The first-order valence-corrected chi connectivity index (χ1v) is 10.3. The molecular weight excluding hydrogens is 456 g/mol. The number of carboxylic acids is 2. The van der Waals surface area contributed by atoms with E-state index in [1.165, 1.54) is 0 Å². The Balaban J connectivity index is 5.42. The molecule has 0 heterocycles. The smallest absolute Gasteiger partial charge is 0.326 e. The highest BCUT2D eigenvalue weighted by atomic mass is 16.4. The monoisotopic (exact) mass is 488 g/mol. The van der Waals surface area contributed by atoms with Gasteiger partial charge in [-0.3, -0.25) is 28.8 Å². The van der Waals surface area contributed by atoms with Crippen molar-refractivity contribution in [1.82, 2.24) is 16.0 Å². The van der Waals surface area contributed by atoms with E-state index in [1.54, 1.807) is 13.8 Å². The first kappa shape index (κ1) is 30.2. The molecule has 0 aliphatic carbocycles. The van der Waals surface area contributed by atoms with Gasteiger partial charge in [-0.15, -0.1) is 0 Å². The van der Waals surface area contributed by atoms with E-state index in [-0.39, 0.29) is 12.8 Å². The molecule has 0 aromatic rings. The highest BCUT2D eigenvalue weighted by Gasteiger charge is 2.32. The Morgan fingerprint density at radius 2 is 1.29 bits per heavy atom. The summed E-state index contributed by atoms with van der Waals surface area (Å²) in [5, 5.41) is 24.7. The molecule has 0 saturated heterocycles. The summed E-state index contributed by atoms with van der Waals surface area (Å²) >= 11 is 0. The van der Waals surface area contributed by atoms with E-state index < -0.39 is 90.8 Å². The van der Waals surface area contributed by atoms with Crippen LogP contribution >= 0.6 is 0 Å². The molecule has 5 amide bonds. The summed E-state index contributed by atoms with van der Waals surface area (Å²) in [6.45, 7) is 3.08. The molecule has 0 bridgehead atoms. The molecule has 4 unspecified atom stereocenters. The molecule has 192 valence electrons. The van der Waals surface area contributed by atoms with Crippen LogP contribution in [0.5, 0.6) is 0 Å². The summed E-state index contributed by atoms with van der Waals surface area (Å²) in [5.41, 5.74) is 15.8. The molecule has 0 saturated carbocycles. The van der Waals surface area contributed by atoms with Gasteiger partial charge in [0, 0.05) is 12.8 Å². The van der Waals surface area contributed by atoms with Crippen molar-refractivity contribution < 1.29 is 43.8 Å². The molecule has 0 aromatic carbocycles. The molecular formula is C19H32N6O9. The fourth-order valence-electron chi connectivity index (χ4n) is 2.69. The highest BCUT2D eigenvalue weighted by Crippen LogP contribution is 2.07. The average molecular weight is 488 g/mol. The van der Waals surface area contributed by atoms with E-state index in [9.17, 15) is 38.7 Å². The van der Waals surface area contributed by atoms with Gasteiger partial charge >= 0.3 is 11.9 Å². The van der Waals surface area contributed by atoms with Crippen molar-refractivity contribution in [2.75, 3.05) is 0 Å². The Kier molecular flexibility index (Phi) is 12.8. The Hall–Kier alpha value is -3.75. The van der Waals surface area contributed by atoms with Crippen molar-refractivity contribution in [3.05, 3.63) is 0 Å². The van der Waals surface area contributed by atoms with Crippen molar-refractivity contribution in [3.63, 3.8) is 0 Å². The molecule has 15 heteroatoms. The van der Waals surface area contributed by atoms with Gasteiger partial charge in [-0.05, 0) is 18.8 Å². The standard InChI is InChI=1S/C19H32N6O9/c1-8(2)15(18(32)23-10(19(33)34)4-6-14(28)29)25-17(31)11(7-13(22)27)24-16(30)9(20)3-5-12(21)26/h8-11,15H,3-7,20H2,1-2H3,(H2,21,26)(H2,22,27)(H,23,32)(H,24,30)(H,25,31)(H,28,29)(H,33,34). The van der Waals surface area contributed by atoms with Gasteiger partial charge in [0.15, 0.2) is 0 Å². The van der Waals surface area contributed by atoms with Crippen LogP contribution in [0.1, 0.15) is 46.0 Å². The van der Waals surface area contributed by atoms with Crippen molar-refractivity contribution in [2.45, 2.75) is 70.1 Å². The molecule has 0 aliphatic heterocycles. The number of carbonyl (C=O) groups is 7. The number of rotatable bonds is 16. The summed E-state index contributed by atoms with van der Waals surface area (Å²) < 4.78 is 0. The van der Waals surface area contributed by atoms with Gasteiger partial charge in [-0.25, -0.2) is 4.79 Å². The summed E-state index contributed by atoms with van der Waals surface area (Å²) in [4.78, 5) is 81.9. The average Bonchev–Trinajstić information content (AvgIpc) is 2.71. The number of aliphatic carboxylic acids is 2. The number of nitrogens with one attached hydrogen (secondary N) is 3. The summed E-state index contributed by atoms with van der Waals surface area (Å²) in [6, 6.07) is -5.55. The lowest BCUT2D eigenvalue weighted by molar-refractivity contribution is -0.144. The predicted molar refractivity (Wildman–Crippen MR) is 115 cm³/mol. The molecule has 34 heavy (non-hydrogen) atoms. The van der Waals surface area contributed by atoms with Gasteiger partial charge in [-0.2, -0.15) is 0 Å². The number of nitrogens with two attached hydrogens (primary N) is 3. The fraction of sp³-hybridized carbons (Fsp3) is 0.632. The minimum atomic E-state index is -1.52. The normalized spacial score (nSPS) is 14.2. The van der Waals surface area contributed by atoms with Crippen molar-refractivity contribution in [2.24, 2.45) is 23.1 Å². The summed E-state index contributed by atoms with van der Waals surface area (Å²) in [5.74, 6) is -7.68. The van der Waals surface area contributed by atoms with Crippen LogP contribution in [-0.4, -0.2) is 75.9 Å². The fourth-order valence-corrected chi connectivity index (χ4v) is 2.69. The van der Waals surface area contributed by atoms with Gasteiger partial charge in [0.2, 0.25) is 29.5 Å². The Bertz CT molecular complexity index is 801. The van der Waals surface area contributed by atoms with Crippen LogP contribution in [0.2, 0.25) is 0 Å². The number of carboxylic acid groups (broad SMARTS) is 2. The topological polar surface area (TPSA) is 274 Å². The lowest BCUT2D eigenvalue weighted by Crippen LogP contribution is -2.59. The van der Waals surface area contributed by atoms with E-state index in [0.29, 0.717) is 0 Å². The zero-order valence-electron chi connectivity index (χ0n) is 18.9. The predicted octanol–water partition coefficient (Wildman–Crippen LogP) is -3.49. The Labute approximate surface area is 195 Å². The van der Waals surface area contributed by atoms with E-state index in [4.69, 9.17) is 22.3 Å². The third-order valence-electron chi connectivity index (χ3n) is 4.59. The molecule has 0 spiro atoms. The minimum absolute atomic E-state index is 0.115. The Morgan fingerprint density at radius 3 is 1.74 bits per heavy atom. The third-order valence-corrected chi connectivity index (χ3v) is 4.59. The summed E-state index contributed by atoms with van der Waals surface area (Å²) in [6.07, 6.45) is -1.85. The SMILES string of the molecule is CC(C)C(NC(=O)C(CC(N)=O)NC(=O)C(N)CCC(N)=O)C(=O)NC(CCC(=O)O)C(=O)O. The molecule has 0 aliphatic rings. The third kappa shape index (κ3) is 11.8. The van der Waals surface area contributed by atoms with Crippen LogP contribution in [0.3, 0.4) is 0 Å². The van der Waals surface area contributed by atoms with Crippen LogP contribution in [0.4, 0.5) is 0 Å². The van der Waals surface area contributed by atoms with Crippen molar-refractivity contribution in [3.8, 4) is 0 Å². The summed E-state index contributed by atoms with van der Waals surface area (Å²) in [7, 11) is 0. The number of primary amides is 2. The van der Waals surface area contributed by atoms with E-state index in [0.717, 1.165) is 0 Å². The van der Waals surface area contributed by atoms with Gasteiger partial charge in [0.1, 0.15) is 18.1 Å². The first-order chi connectivity index (χ1) is 15.6. The zero-order chi connectivity index (χ0) is 26.6. The molecule has 0 fully saturated rings. The first-order valence-electron chi connectivity index (χ1n) is 10.3. The lowest BCUT2D eigenvalue weighted by atomic mass is 10.0. The second kappa shape index (κ2) is 14.4. The van der Waals surface area contributed by atoms with Crippen LogP contribution < -0.4 is 33.2 Å². The number of amides is 5. The van der Waals surface area contributed by atoms with Crippen LogP contribution in [0, 0.1) is 5.92 Å². The molecule has 0 radical (unpaired) electrons. The van der Waals surface area contributed by atoms with E-state index in [2.05, 4.69) is 16.0 Å². The van der Waals surface area contributed by atoms with Crippen molar-refractivity contribution >= 4 is 41.5 Å². The maximum Gasteiger partial charge on any atom is 0.326 e. The van der Waals surface area contributed by atoms with Crippen LogP contribution in [-0.2, 0) is 33.6 Å². The molecule has 0 rings (SSSR count). The van der Waals surface area contributed by atoms with Crippen LogP contribution in [0.25, 0.3) is 0 Å².